The molecule has 9 heteroatoms. The third kappa shape index (κ3) is 6.69. The van der Waals surface area contributed by atoms with Gasteiger partial charge < -0.3 is 14.7 Å². The van der Waals surface area contributed by atoms with Crippen molar-refractivity contribution in [2.45, 2.75) is 12.8 Å². The number of piperazine rings is 1. The lowest BCUT2D eigenvalue weighted by molar-refractivity contribution is -0.135. The molecule has 2 saturated heterocycles. The zero-order chi connectivity index (χ0) is 22.4. The number of carbonyl (C=O) groups is 3. The second-order valence-electron chi connectivity index (χ2n) is 7.91. The van der Waals surface area contributed by atoms with Crippen LogP contribution in [-0.2, 0) is 14.4 Å². The highest BCUT2D eigenvalue weighted by Gasteiger charge is 2.24. The maximum Gasteiger partial charge on any atom is 0.246 e. The molecule has 0 N–H and O–H groups in total. The normalized spacial score (nSPS) is 18.7. The molecule has 0 saturated carbocycles. The summed E-state index contributed by atoms with van der Waals surface area (Å²) in [6.07, 6.45) is 4.34. The van der Waals surface area contributed by atoms with Crippen LogP contribution in [0.3, 0.4) is 0 Å². The van der Waals surface area contributed by atoms with Gasteiger partial charge in [0, 0.05) is 65.4 Å². The summed E-state index contributed by atoms with van der Waals surface area (Å²) in [5, 5.41) is 0.906. The summed E-state index contributed by atoms with van der Waals surface area (Å²) in [6.45, 7) is 4.91. The van der Waals surface area contributed by atoms with E-state index in [0.717, 1.165) is 31.6 Å². The molecule has 31 heavy (non-hydrogen) atoms. The monoisotopic (exact) mass is 466 g/mol. The number of amides is 3. The fourth-order valence-electron chi connectivity index (χ4n) is 3.70. The van der Waals surface area contributed by atoms with E-state index in [1.807, 2.05) is 11.9 Å². The van der Waals surface area contributed by atoms with E-state index in [0.29, 0.717) is 49.2 Å². The van der Waals surface area contributed by atoms with E-state index in [2.05, 4.69) is 4.90 Å². The maximum atomic E-state index is 12.6. The highest BCUT2D eigenvalue weighted by molar-refractivity contribution is 6.42. The smallest absolute Gasteiger partial charge is 0.246 e. The number of likely N-dealkylation sites (N-methyl/N-ethyl adjacent to an activating group) is 1. The molecule has 0 spiro atoms. The van der Waals surface area contributed by atoms with Crippen molar-refractivity contribution in [3.8, 4) is 0 Å². The molecule has 0 aliphatic carbocycles. The van der Waals surface area contributed by atoms with E-state index in [4.69, 9.17) is 23.2 Å². The van der Waals surface area contributed by atoms with Gasteiger partial charge in [0.25, 0.3) is 0 Å². The van der Waals surface area contributed by atoms with Crippen LogP contribution in [0, 0.1) is 0 Å². The highest BCUT2D eigenvalue weighted by atomic mass is 35.5. The summed E-state index contributed by atoms with van der Waals surface area (Å²) >= 11 is 11.9. The van der Waals surface area contributed by atoms with E-state index in [9.17, 15) is 14.4 Å². The number of nitrogens with zero attached hydrogens (tertiary/aromatic N) is 4. The van der Waals surface area contributed by atoms with Crippen molar-refractivity contribution < 1.29 is 14.4 Å². The fourth-order valence-corrected chi connectivity index (χ4v) is 4.00. The van der Waals surface area contributed by atoms with Crippen LogP contribution in [0.5, 0.6) is 0 Å². The van der Waals surface area contributed by atoms with Gasteiger partial charge in [0.1, 0.15) is 0 Å². The number of hydrogen-bond acceptors (Lipinski definition) is 4. The molecule has 2 aliphatic rings. The molecule has 0 radical (unpaired) electrons. The number of benzene rings is 1. The quantitative estimate of drug-likeness (QED) is 0.603. The molecule has 0 atom stereocenters. The largest absolute Gasteiger partial charge is 0.343 e. The number of halogens is 2. The molecule has 1 aromatic carbocycles. The van der Waals surface area contributed by atoms with Crippen molar-refractivity contribution in [2.75, 3.05) is 59.4 Å². The van der Waals surface area contributed by atoms with Crippen LogP contribution >= 0.6 is 23.2 Å². The molecule has 0 aromatic heterocycles. The van der Waals surface area contributed by atoms with Crippen LogP contribution < -0.4 is 0 Å². The lowest BCUT2D eigenvalue weighted by atomic mass is 10.2. The van der Waals surface area contributed by atoms with Crippen molar-refractivity contribution >= 4 is 47.0 Å². The van der Waals surface area contributed by atoms with Gasteiger partial charge in [-0.25, -0.2) is 0 Å². The zero-order valence-corrected chi connectivity index (χ0v) is 19.2. The van der Waals surface area contributed by atoms with Gasteiger partial charge in [-0.2, -0.15) is 0 Å². The van der Waals surface area contributed by atoms with Crippen LogP contribution in [0.4, 0.5) is 0 Å². The Labute approximate surface area is 193 Å². The van der Waals surface area contributed by atoms with Gasteiger partial charge in [-0.1, -0.05) is 29.3 Å². The van der Waals surface area contributed by atoms with Crippen molar-refractivity contribution in [2.24, 2.45) is 0 Å². The minimum Gasteiger partial charge on any atom is -0.343 e. The average Bonchev–Trinajstić information content (AvgIpc) is 2.93. The topological polar surface area (TPSA) is 64.2 Å². The molecule has 2 aliphatic heterocycles. The van der Waals surface area contributed by atoms with Crippen molar-refractivity contribution in [1.82, 2.24) is 19.6 Å². The average molecular weight is 467 g/mol. The van der Waals surface area contributed by atoms with Gasteiger partial charge in [-0.15, -0.1) is 0 Å². The number of carbonyl (C=O) groups excluding carboxylic acids is 3. The lowest BCUT2D eigenvalue weighted by Crippen LogP contribution is -2.49. The Morgan fingerprint density at radius 2 is 1.81 bits per heavy atom. The third-order valence-electron chi connectivity index (χ3n) is 5.70. The van der Waals surface area contributed by atoms with Crippen LogP contribution in [0.25, 0.3) is 6.08 Å². The molecular formula is C22H28Cl2N4O3. The molecular weight excluding hydrogens is 439 g/mol. The van der Waals surface area contributed by atoms with Gasteiger partial charge in [-0.05, 0) is 30.2 Å². The summed E-state index contributed by atoms with van der Waals surface area (Å²) in [4.78, 5) is 44.3. The Hall–Kier alpha value is -2.09. The third-order valence-corrected chi connectivity index (χ3v) is 6.44. The van der Waals surface area contributed by atoms with Gasteiger partial charge in [-0.3, -0.25) is 19.3 Å². The summed E-state index contributed by atoms with van der Waals surface area (Å²) in [7, 11) is 1.82. The Morgan fingerprint density at radius 3 is 2.55 bits per heavy atom. The van der Waals surface area contributed by atoms with E-state index in [1.165, 1.54) is 6.08 Å². The fraction of sp³-hybridized carbons (Fsp3) is 0.500. The Balaban J connectivity index is 1.46. The van der Waals surface area contributed by atoms with Crippen molar-refractivity contribution in [1.29, 1.82) is 0 Å². The first-order chi connectivity index (χ1) is 14.8. The van der Waals surface area contributed by atoms with Crippen LogP contribution in [0.2, 0.25) is 10.0 Å². The van der Waals surface area contributed by atoms with Crippen LogP contribution in [-0.4, -0.2) is 96.7 Å². The minimum absolute atomic E-state index is 0.0678. The minimum atomic E-state index is -0.128. The Bertz CT molecular complexity index is 861. The first-order valence-corrected chi connectivity index (χ1v) is 11.2. The second-order valence-corrected chi connectivity index (χ2v) is 8.72. The highest BCUT2D eigenvalue weighted by Crippen LogP contribution is 2.23. The van der Waals surface area contributed by atoms with E-state index in [-0.39, 0.29) is 17.7 Å². The summed E-state index contributed by atoms with van der Waals surface area (Å²) in [6, 6.07) is 5.18. The van der Waals surface area contributed by atoms with E-state index in [1.54, 1.807) is 34.1 Å². The summed E-state index contributed by atoms with van der Waals surface area (Å²) in [5.74, 6) is 0.0788. The van der Waals surface area contributed by atoms with Crippen molar-refractivity contribution in [3.63, 3.8) is 0 Å². The molecule has 3 amide bonds. The molecule has 0 bridgehead atoms. The van der Waals surface area contributed by atoms with Gasteiger partial charge >= 0.3 is 0 Å². The number of hydrogen-bond donors (Lipinski definition) is 0. The first kappa shape index (κ1) is 23.6. The van der Waals surface area contributed by atoms with Crippen LogP contribution in [0.1, 0.15) is 18.4 Å². The molecule has 2 fully saturated rings. The van der Waals surface area contributed by atoms with E-state index < -0.39 is 0 Å². The Morgan fingerprint density at radius 1 is 1.00 bits per heavy atom. The van der Waals surface area contributed by atoms with Crippen LogP contribution in [0.15, 0.2) is 24.3 Å². The van der Waals surface area contributed by atoms with Gasteiger partial charge in [0.05, 0.1) is 16.6 Å². The zero-order valence-electron chi connectivity index (χ0n) is 17.7. The van der Waals surface area contributed by atoms with E-state index >= 15 is 0 Å². The second kappa shape index (κ2) is 11.0. The molecule has 0 unspecified atom stereocenters. The molecule has 7 nitrogen and oxygen atoms in total. The SMILES string of the molecule is CN1CCN(CCCN2CCN(C(=O)/C=C/c3ccc(Cl)c(Cl)c3)CCC2=O)CC1=O. The molecule has 1 aromatic rings. The number of rotatable bonds is 6. The molecule has 2 heterocycles. The first-order valence-electron chi connectivity index (χ1n) is 10.5. The molecule has 168 valence electrons. The molecule has 3 rings (SSSR count). The summed E-state index contributed by atoms with van der Waals surface area (Å²) < 4.78 is 0. The van der Waals surface area contributed by atoms with Crippen molar-refractivity contribution in [3.05, 3.63) is 39.9 Å². The van der Waals surface area contributed by atoms with Gasteiger partial charge in [0.2, 0.25) is 17.7 Å². The van der Waals surface area contributed by atoms with Gasteiger partial charge in [0.15, 0.2) is 0 Å². The summed E-state index contributed by atoms with van der Waals surface area (Å²) in [5.41, 5.74) is 0.790. The Kier molecular flexibility index (Phi) is 8.35. The standard InChI is InChI=1S/C22H28Cl2N4O3/c1-25-11-12-26(16-22(25)31)8-2-9-27-13-14-28(10-7-21(27)30)20(29)6-4-17-3-5-18(23)19(24)15-17/h3-6,15H,2,7-14,16H2,1H3/b6-4+. The predicted octanol–water partition coefficient (Wildman–Crippen LogP) is 2.23. The lowest BCUT2D eigenvalue weighted by Gasteiger charge is -2.32. The predicted molar refractivity (Wildman–Crippen MR) is 122 cm³/mol. The maximum absolute atomic E-state index is 12.6.